The van der Waals surface area contributed by atoms with Crippen LogP contribution in [0.4, 0.5) is 18.9 Å². The van der Waals surface area contributed by atoms with Gasteiger partial charge < -0.3 is 14.8 Å². The summed E-state index contributed by atoms with van der Waals surface area (Å²) in [7, 11) is 0. The van der Waals surface area contributed by atoms with E-state index in [2.05, 4.69) is 15.0 Å². The van der Waals surface area contributed by atoms with Crippen LogP contribution in [0.15, 0.2) is 60.7 Å². The fourth-order valence-electron chi connectivity index (χ4n) is 2.60. The number of benzene rings is 2. The Morgan fingerprint density at radius 1 is 0.931 bits per heavy atom. The number of aryl methyl sites for hydroxylation is 2. The van der Waals surface area contributed by atoms with Gasteiger partial charge in [0, 0.05) is 17.4 Å². The molecule has 3 aromatic rings. The number of carbonyl (C=O) groups excluding carboxylic acids is 1. The quantitative estimate of drug-likeness (QED) is 0.600. The molecule has 3 rings (SSSR count). The Labute approximate surface area is 165 Å². The van der Waals surface area contributed by atoms with Crippen molar-refractivity contribution in [1.82, 2.24) is 4.98 Å². The third kappa shape index (κ3) is 5.71. The molecule has 1 heterocycles. The maximum Gasteiger partial charge on any atom is 0.573 e. The van der Waals surface area contributed by atoms with Gasteiger partial charge in [-0.2, -0.15) is 0 Å². The number of ether oxygens (including phenoxy) is 2. The number of alkyl halides is 3. The molecule has 0 aliphatic heterocycles. The molecule has 0 saturated carbocycles. The van der Waals surface area contributed by atoms with E-state index in [1.807, 2.05) is 6.92 Å². The van der Waals surface area contributed by atoms with Crippen LogP contribution in [0.1, 0.15) is 21.7 Å². The number of halogens is 3. The predicted molar refractivity (Wildman–Crippen MR) is 101 cm³/mol. The minimum atomic E-state index is -4.77. The van der Waals surface area contributed by atoms with Crippen molar-refractivity contribution in [2.24, 2.45) is 0 Å². The largest absolute Gasteiger partial charge is 0.573 e. The molecule has 2 aromatic carbocycles. The van der Waals surface area contributed by atoms with Crippen molar-refractivity contribution in [2.45, 2.75) is 20.2 Å². The number of carbonyl (C=O) groups is 1. The molecule has 150 valence electrons. The van der Waals surface area contributed by atoms with Crippen molar-refractivity contribution in [1.29, 1.82) is 0 Å². The van der Waals surface area contributed by atoms with Crippen molar-refractivity contribution in [3.8, 4) is 17.2 Å². The number of rotatable bonds is 5. The number of pyridine rings is 1. The molecular formula is C21H17F3N2O3. The maximum absolute atomic E-state index is 12.4. The van der Waals surface area contributed by atoms with Crippen LogP contribution in [0.3, 0.4) is 0 Å². The molecule has 0 atom stereocenters. The second-order valence-corrected chi connectivity index (χ2v) is 6.19. The first-order valence-corrected chi connectivity index (χ1v) is 8.59. The van der Waals surface area contributed by atoms with E-state index in [4.69, 9.17) is 4.74 Å². The average Bonchev–Trinajstić information content (AvgIpc) is 2.62. The molecule has 0 bridgehead atoms. The highest BCUT2D eigenvalue weighted by atomic mass is 19.4. The molecule has 5 nitrogen and oxygen atoms in total. The molecule has 1 aromatic heterocycles. The topological polar surface area (TPSA) is 60.5 Å². The summed E-state index contributed by atoms with van der Waals surface area (Å²) >= 11 is 0. The van der Waals surface area contributed by atoms with Crippen molar-refractivity contribution in [3.05, 3.63) is 77.6 Å². The first-order valence-electron chi connectivity index (χ1n) is 8.59. The Morgan fingerprint density at radius 3 is 2.28 bits per heavy atom. The number of hydrogen-bond acceptors (Lipinski definition) is 4. The lowest BCUT2D eigenvalue weighted by Crippen LogP contribution is -2.17. The van der Waals surface area contributed by atoms with Crippen LogP contribution in [0.2, 0.25) is 0 Å². The van der Waals surface area contributed by atoms with E-state index in [0.717, 1.165) is 11.8 Å². The second-order valence-electron chi connectivity index (χ2n) is 6.19. The molecule has 0 aliphatic rings. The van der Waals surface area contributed by atoms with Gasteiger partial charge in [-0.15, -0.1) is 13.2 Å². The van der Waals surface area contributed by atoms with E-state index >= 15 is 0 Å². The number of aromatic nitrogens is 1. The molecule has 0 saturated heterocycles. The molecular weight excluding hydrogens is 385 g/mol. The Morgan fingerprint density at radius 2 is 1.62 bits per heavy atom. The summed E-state index contributed by atoms with van der Waals surface area (Å²) in [5, 5.41) is 2.76. The highest BCUT2D eigenvalue weighted by Gasteiger charge is 2.31. The van der Waals surface area contributed by atoms with Gasteiger partial charge in [0.25, 0.3) is 5.91 Å². The van der Waals surface area contributed by atoms with Crippen LogP contribution in [0, 0.1) is 13.8 Å². The summed E-state index contributed by atoms with van der Waals surface area (Å²) in [5.41, 5.74) is 2.46. The molecule has 1 amide bonds. The van der Waals surface area contributed by atoms with Crippen molar-refractivity contribution >= 4 is 11.6 Å². The lowest BCUT2D eigenvalue weighted by molar-refractivity contribution is -0.274. The lowest BCUT2D eigenvalue weighted by atomic mass is 10.1. The summed E-state index contributed by atoms with van der Waals surface area (Å²) in [4.78, 5) is 16.7. The summed E-state index contributed by atoms with van der Waals surface area (Å²) in [6.07, 6.45) is -4.77. The van der Waals surface area contributed by atoms with Gasteiger partial charge in [0.05, 0.1) is 11.3 Å². The average molecular weight is 402 g/mol. The first kappa shape index (κ1) is 20.2. The van der Waals surface area contributed by atoms with Gasteiger partial charge in [-0.3, -0.25) is 9.78 Å². The van der Waals surface area contributed by atoms with Gasteiger partial charge in [0.15, 0.2) is 0 Å². The standard InChI is InChI=1S/C21H17F3N2O3/c1-13-6-11-19(14(2)25-13)20(27)26-15-7-9-16(10-8-15)28-17-4-3-5-18(12-17)29-21(22,23)24/h3-12H,1-2H3,(H,26,27). The smallest absolute Gasteiger partial charge is 0.457 e. The molecule has 8 heteroatoms. The minimum Gasteiger partial charge on any atom is -0.457 e. The third-order valence-electron chi connectivity index (χ3n) is 3.86. The Hall–Kier alpha value is -3.55. The van der Waals surface area contributed by atoms with Crippen LogP contribution < -0.4 is 14.8 Å². The zero-order valence-corrected chi connectivity index (χ0v) is 15.6. The molecule has 1 N–H and O–H groups in total. The van der Waals surface area contributed by atoms with E-state index in [1.165, 1.54) is 18.2 Å². The van der Waals surface area contributed by atoms with Crippen molar-refractivity contribution in [2.75, 3.05) is 5.32 Å². The molecule has 29 heavy (non-hydrogen) atoms. The molecule has 0 spiro atoms. The molecule has 0 aliphatic carbocycles. The van der Waals surface area contributed by atoms with Gasteiger partial charge >= 0.3 is 6.36 Å². The Kier molecular flexibility index (Phi) is 5.72. The highest BCUT2D eigenvalue weighted by molar-refractivity contribution is 6.05. The van der Waals surface area contributed by atoms with Gasteiger partial charge in [-0.05, 0) is 62.4 Å². The third-order valence-corrected chi connectivity index (χ3v) is 3.86. The zero-order valence-electron chi connectivity index (χ0n) is 15.6. The maximum atomic E-state index is 12.4. The van der Waals surface area contributed by atoms with Crippen molar-refractivity contribution < 1.29 is 27.4 Å². The minimum absolute atomic E-state index is 0.185. The SMILES string of the molecule is Cc1ccc(C(=O)Nc2ccc(Oc3cccc(OC(F)(F)F)c3)cc2)c(C)n1. The summed E-state index contributed by atoms with van der Waals surface area (Å²) in [6.45, 7) is 3.60. The number of nitrogens with one attached hydrogen (secondary N) is 1. The fraction of sp³-hybridized carbons (Fsp3) is 0.143. The summed E-state index contributed by atoms with van der Waals surface area (Å²) in [5.74, 6) is -0.0909. The fourth-order valence-corrected chi connectivity index (χ4v) is 2.60. The highest BCUT2D eigenvalue weighted by Crippen LogP contribution is 2.29. The van der Waals surface area contributed by atoms with Crippen LogP contribution in [0.5, 0.6) is 17.2 Å². The number of nitrogens with zero attached hydrogens (tertiary/aromatic N) is 1. The van der Waals surface area contributed by atoms with Crippen LogP contribution >= 0.6 is 0 Å². The Balaban J connectivity index is 1.66. The van der Waals surface area contributed by atoms with Crippen LogP contribution in [0.25, 0.3) is 0 Å². The van der Waals surface area contributed by atoms with Gasteiger partial charge in [0.2, 0.25) is 0 Å². The zero-order chi connectivity index (χ0) is 21.0. The van der Waals surface area contributed by atoms with Gasteiger partial charge in [-0.1, -0.05) is 6.07 Å². The van der Waals surface area contributed by atoms with Crippen molar-refractivity contribution in [3.63, 3.8) is 0 Å². The van der Waals surface area contributed by atoms with Gasteiger partial charge in [-0.25, -0.2) is 0 Å². The molecule has 0 unspecified atom stereocenters. The second kappa shape index (κ2) is 8.22. The Bertz CT molecular complexity index is 1020. The van der Waals surface area contributed by atoms with E-state index in [1.54, 1.807) is 43.3 Å². The van der Waals surface area contributed by atoms with E-state index < -0.39 is 6.36 Å². The van der Waals surface area contributed by atoms with Gasteiger partial charge in [0.1, 0.15) is 17.2 Å². The predicted octanol–water partition coefficient (Wildman–Crippen LogP) is 5.64. The monoisotopic (exact) mass is 402 g/mol. The van der Waals surface area contributed by atoms with E-state index in [0.29, 0.717) is 22.7 Å². The van der Waals surface area contributed by atoms with Crippen LogP contribution in [-0.2, 0) is 0 Å². The number of amides is 1. The lowest BCUT2D eigenvalue weighted by Gasteiger charge is -2.11. The van der Waals surface area contributed by atoms with Crippen LogP contribution in [-0.4, -0.2) is 17.3 Å². The number of anilines is 1. The summed E-state index contributed by atoms with van der Waals surface area (Å²) in [6, 6.07) is 15.1. The number of hydrogen-bond donors (Lipinski definition) is 1. The van der Waals surface area contributed by atoms with E-state index in [-0.39, 0.29) is 17.4 Å². The van der Waals surface area contributed by atoms with E-state index in [9.17, 15) is 18.0 Å². The normalized spacial score (nSPS) is 11.1. The molecule has 0 fully saturated rings. The first-order chi connectivity index (χ1) is 13.7. The summed E-state index contributed by atoms with van der Waals surface area (Å²) < 4.78 is 46.4. The molecule has 0 radical (unpaired) electrons.